The number of benzene rings is 2. The molecule has 1 amide bonds. The third kappa shape index (κ3) is 6.41. The molecule has 3 nitrogen and oxygen atoms in total. The Hall–Kier alpha value is -2.33. The van der Waals surface area contributed by atoms with Crippen LogP contribution >= 0.6 is 12.4 Å². The fraction of sp³-hybridized carbons (Fsp3) is 0.435. The topological polar surface area (TPSA) is 32.3 Å². The normalized spacial score (nSPS) is 18.9. The van der Waals surface area contributed by atoms with Gasteiger partial charge in [-0.15, -0.1) is 12.4 Å². The minimum atomic E-state index is -4.96. The maximum atomic E-state index is 13.5. The van der Waals surface area contributed by atoms with Crippen molar-refractivity contribution in [3.05, 3.63) is 70.0 Å². The minimum Gasteiger partial charge on any atom is -0.341 e. The van der Waals surface area contributed by atoms with E-state index in [4.69, 9.17) is 0 Å². The molecule has 1 heterocycles. The molecule has 1 fully saturated rings. The highest BCUT2D eigenvalue weighted by Crippen LogP contribution is 2.37. The van der Waals surface area contributed by atoms with Gasteiger partial charge in [-0.25, -0.2) is 4.39 Å². The quantitative estimate of drug-likeness (QED) is 0.514. The van der Waals surface area contributed by atoms with Crippen molar-refractivity contribution in [2.24, 2.45) is 5.92 Å². The van der Waals surface area contributed by atoms with Crippen LogP contribution in [0.25, 0.3) is 0 Å². The van der Waals surface area contributed by atoms with Crippen LogP contribution in [0.1, 0.15) is 40.2 Å². The fourth-order valence-electron chi connectivity index (χ4n) is 4.28. The summed E-state index contributed by atoms with van der Waals surface area (Å²) in [5.74, 6) is -1.66. The lowest BCUT2D eigenvalue weighted by Gasteiger charge is -2.35. The Kier molecular flexibility index (Phi) is 8.63. The molecule has 3 rings (SSSR count). The number of nitrogens with one attached hydrogen (secondary N) is 1. The van der Waals surface area contributed by atoms with Gasteiger partial charge in [0.2, 0.25) is 5.91 Å². The summed E-state index contributed by atoms with van der Waals surface area (Å²) in [6.45, 7) is 2.28. The number of halogens is 8. The largest absolute Gasteiger partial charge is 0.416 e. The number of alkyl halides is 6. The maximum absolute atomic E-state index is 13.5. The number of carbonyl (C=O) groups is 1. The summed E-state index contributed by atoms with van der Waals surface area (Å²) in [5, 5.41) is 3.18. The van der Waals surface area contributed by atoms with Gasteiger partial charge in [-0.3, -0.25) is 4.79 Å². The Morgan fingerprint density at radius 2 is 1.62 bits per heavy atom. The van der Waals surface area contributed by atoms with Gasteiger partial charge in [-0.1, -0.05) is 6.07 Å². The first kappa shape index (κ1) is 27.9. The zero-order valence-electron chi connectivity index (χ0n) is 18.4. The van der Waals surface area contributed by atoms with Crippen molar-refractivity contribution in [1.82, 2.24) is 10.2 Å². The van der Waals surface area contributed by atoms with Crippen LogP contribution in [0.3, 0.4) is 0 Å². The van der Waals surface area contributed by atoms with Crippen LogP contribution in [0.4, 0.5) is 30.7 Å². The number of nitrogens with zero attached hydrogens (tertiary/aromatic N) is 1. The van der Waals surface area contributed by atoms with Crippen molar-refractivity contribution in [2.45, 2.75) is 38.2 Å². The monoisotopic (exact) mass is 512 g/mol. The standard InChI is InChI=1S/C23H23F7N2O.ClH/c1-13-7-17(24)3-4-18(13)20-11-31-6-5-19(20)21(33)32(2)12-14-8-15(22(25,26)27)10-16(9-14)23(28,29)30;/h3-4,7-10,19-20,31H,5-6,11-12H2,1-2H3;1H/t19-,20?;/m1./s1. The Bertz CT molecular complexity index is 991. The molecule has 188 valence electrons. The summed E-state index contributed by atoms with van der Waals surface area (Å²) in [6, 6.07) is 5.57. The van der Waals surface area contributed by atoms with Gasteiger partial charge in [0.1, 0.15) is 5.82 Å². The summed E-state index contributed by atoms with van der Waals surface area (Å²) in [7, 11) is 1.35. The van der Waals surface area contributed by atoms with E-state index in [9.17, 15) is 35.5 Å². The van der Waals surface area contributed by atoms with Crippen LogP contribution in [0.5, 0.6) is 0 Å². The van der Waals surface area contributed by atoms with Crippen molar-refractivity contribution >= 4 is 18.3 Å². The molecule has 2 aromatic rings. The Morgan fingerprint density at radius 1 is 1.03 bits per heavy atom. The molecule has 34 heavy (non-hydrogen) atoms. The summed E-state index contributed by atoms with van der Waals surface area (Å²) in [6.07, 6.45) is -9.49. The molecule has 1 N–H and O–H groups in total. The average molecular weight is 513 g/mol. The lowest BCUT2D eigenvalue weighted by Crippen LogP contribution is -2.44. The van der Waals surface area contributed by atoms with Crippen LogP contribution in [-0.2, 0) is 23.7 Å². The van der Waals surface area contributed by atoms with Gasteiger partial charge in [0, 0.05) is 32.0 Å². The van der Waals surface area contributed by atoms with Crippen molar-refractivity contribution in [2.75, 3.05) is 20.1 Å². The summed E-state index contributed by atoms with van der Waals surface area (Å²) < 4.78 is 92.4. The van der Waals surface area contributed by atoms with E-state index in [1.807, 2.05) is 0 Å². The molecule has 0 saturated carbocycles. The van der Waals surface area contributed by atoms with Gasteiger partial charge < -0.3 is 10.2 Å². The number of rotatable bonds is 4. The van der Waals surface area contributed by atoms with Crippen LogP contribution in [0, 0.1) is 18.7 Å². The molecule has 2 atom stereocenters. The van der Waals surface area contributed by atoms with Crippen molar-refractivity contribution < 1.29 is 35.5 Å². The molecule has 1 saturated heterocycles. The van der Waals surface area contributed by atoms with Crippen molar-refractivity contribution in [3.8, 4) is 0 Å². The second-order valence-electron chi connectivity index (χ2n) is 8.32. The fourth-order valence-corrected chi connectivity index (χ4v) is 4.28. The highest BCUT2D eigenvalue weighted by Gasteiger charge is 2.38. The van der Waals surface area contributed by atoms with Crippen LogP contribution in [-0.4, -0.2) is 30.9 Å². The molecule has 0 bridgehead atoms. The predicted molar refractivity (Wildman–Crippen MR) is 115 cm³/mol. The number of carbonyl (C=O) groups excluding carboxylic acids is 1. The lowest BCUT2D eigenvalue weighted by molar-refractivity contribution is -0.143. The smallest absolute Gasteiger partial charge is 0.341 e. The van der Waals surface area contributed by atoms with Gasteiger partial charge >= 0.3 is 12.4 Å². The van der Waals surface area contributed by atoms with E-state index in [0.29, 0.717) is 37.2 Å². The van der Waals surface area contributed by atoms with Gasteiger partial charge in [-0.05, 0) is 66.9 Å². The van der Waals surface area contributed by atoms with Gasteiger partial charge in [0.25, 0.3) is 0 Å². The van der Waals surface area contributed by atoms with E-state index >= 15 is 0 Å². The molecule has 2 aromatic carbocycles. The van der Waals surface area contributed by atoms with Gasteiger partial charge in [0.15, 0.2) is 0 Å². The SMILES string of the molecule is Cc1cc(F)ccc1C1CNCC[C@H]1C(=O)N(C)Cc1cc(C(F)(F)F)cc(C(F)(F)F)c1.Cl. The van der Waals surface area contributed by atoms with Crippen molar-refractivity contribution in [1.29, 1.82) is 0 Å². The number of amides is 1. The summed E-state index contributed by atoms with van der Waals surface area (Å²) in [5.41, 5.74) is -1.67. The molecular formula is C23H24ClF7N2O. The van der Waals surface area contributed by atoms with E-state index in [1.165, 1.54) is 19.2 Å². The average Bonchev–Trinajstić information content (AvgIpc) is 2.72. The Labute approximate surface area is 198 Å². The second-order valence-corrected chi connectivity index (χ2v) is 8.32. The first-order valence-electron chi connectivity index (χ1n) is 10.3. The van der Waals surface area contributed by atoms with Crippen LogP contribution < -0.4 is 5.32 Å². The second kappa shape index (κ2) is 10.5. The maximum Gasteiger partial charge on any atom is 0.416 e. The lowest BCUT2D eigenvalue weighted by atomic mass is 9.79. The molecule has 1 aliphatic heterocycles. The molecular weight excluding hydrogens is 489 g/mol. The number of aryl methyl sites for hydroxylation is 1. The van der Waals surface area contributed by atoms with Crippen LogP contribution in [0.15, 0.2) is 36.4 Å². The van der Waals surface area contributed by atoms with Gasteiger partial charge in [-0.2, -0.15) is 26.3 Å². The van der Waals surface area contributed by atoms with E-state index in [-0.39, 0.29) is 30.0 Å². The van der Waals surface area contributed by atoms with E-state index in [0.717, 1.165) is 10.5 Å². The summed E-state index contributed by atoms with van der Waals surface area (Å²) >= 11 is 0. The number of hydrogen-bond acceptors (Lipinski definition) is 2. The molecule has 1 unspecified atom stereocenters. The van der Waals surface area contributed by atoms with Gasteiger partial charge in [0.05, 0.1) is 11.1 Å². The molecule has 0 radical (unpaired) electrons. The molecule has 1 aliphatic rings. The number of hydrogen-bond donors (Lipinski definition) is 1. The Balaban J connectivity index is 0.00000408. The minimum absolute atomic E-state index is 0. The third-order valence-corrected chi connectivity index (χ3v) is 5.87. The van der Waals surface area contributed by atoms with E-state index in [2.05, 4.69) is 5.32 Å². The highest BCUT2D eigenvalue weighted by atomic mass is 35.5. The zero-order valence-corrected chi connectivity index (χ0v) is 19.2. The first-order valence-corrected chi connectivity index (χ1v) is 10.3. The summed E-state index contributed by atoms with van der Waals surface area (Å²) in [4.78, 5) is 14.4. The number of piperidine rings is 1. The molecule has 11 heteroatoms. The molecule has 0 spiro atoms. The zero-order chi connectivity index (χ0) is 24.6. The van der Waals surface area contributed by atoms with Crippen molar-refractivity contribution in [3.63, 3.8) is 0 Å². The predicted octanol–water partition coefficient (Wildman–Crippen LogP) is 5.95. The van der Waals surface area contributed by atoms with E-state index in [1.54, 1.807) is 13.0 Å². The van der Waals surface area contributed by atoms with Crippen LogP contribution in [0.2, 0.25) is 0 Å². The first-order chi connectivity index (χ1) is 15.3. The highest BCUT2D eigenvalue weighted by molar-refractivity contribution is 5.85. The molecule has 0 aromatic heterocycles. The Morgan fingerprint density at radius 3 is 2.15 bits per heavy atom. The third-order valence-electron chi connectivity index (χ3n) is 5.87. The molecule has 0 aliphatic carbocycles. The van der Waals surface area contributed by atoms with E-state index < -0.39 is 47.7 Å².